The van der Waals surface area contributed by atoms with Crippen molar-refractivity contribution < 1.29 is 23.4 Å². The van der Waals surface area contributed by atoms with Crippen LogP contribution in [0.15, 0.2) is 79.3 Å². The molecule has 11 heteroatoms. The maximum atomic E-state index is 15.2. The predicted octanol–water partition coefficient (Wildman–Crippen LogP) is 8.11. The number of pyridine rings is 1. The number of urea groups is 1. The van der Waals surface area contributed by atoms with Gasteiger partial charge in [0.1, 0.15) is 12.4 Å². The van der Waals surface area contributed by atoms with Crippen molar-refractivity contribution in [3.63, 3.8) is 0 Å². The Morgan fingerprint density at radius 2 is 1.85 bits per heavy atom. The Morgan fingerprint density at radius 3 is 2.63 bits per heavy atom. The van der Waals surface area contributed by atoms with Crippen LogP contribution in [0.1, 0.15) is 26.2 Å². The quantitative estimate of drug-likeness (QED) is 0.175. The first kappa shape index (κ1) is 31.4. The standard InChI is InChI=1S/C35H37ClFN5O4/c1-24-11-15-40(16-12-24)14-5-19-45-34-22-29-26(21-33(34)44-2)31(10-13-38-29)46-32-9-8-25(20-28(32)37)39-35(43)42-18-17-41(23-42)30-7-4-3-6-27(30)36/h3-4,6-10,13,17-18,20-22,24H,5,11-12,14-16,19,23H2,1-2H3,(H,39,43). The minimum atomic E-state index is -0.632. The first-order valence-corrected chi connectivity index (χ1v) is 15.8. The zero-order chi connectivity index (χ0) is 32.0. The number of carbonyl (C=O) groups excluding carboxylic acids is 1. The number of hydrogen-bond acceptors (Lipinski definition) is 7. The molecule has 0 bridgehead atoms. The zero-order valence-corrected chi connectivity index (χ0v) is 26.7. The number of amides is 2. The number of aromatic nitrogens is 1. The molecule has 1 N–H and O–H groups in total. The number of hydrogen-bond donors (Lipinski definition) is 1. The number of rotatable bonds is 10. The van der Waals surface area contributed by atoms with E-state index in [1.165, 1.54) is 29.9 Å². The lowest BCUT2D eigenvalue weighted by atomic mass is 9.99. The number of benzene rings is 3. The molecule has 46 heavy (non-hydrogen) atoms. The van der Waals surface area contributed by atoms with Crippen molar-refractivity contribution in [2.45, 2.75) is 26.2 Å². The lowest BCUT2D eigenvalue weighted by Crippen LogP contribution is -2.34. The van der Waals surface area contributed by atoms with E-state index in [0.717, 1.165) is 37.7 Å². The fourth-order valence-electron chi connectivity index (χ4n) is 5.61. The van der Waals surface area contributed by atoms with E-state index >= 15 is 4.39 Å². The second kappa shape index (κ2) is 14.3. The van der Waals surface area contributed by atoms with Gasteiger partial charge >= 0.3 is 6.03 Å². The Labute approximate surface area is 273 Å². The summed E-state index contributed by atoms with van der Waals surface area (Å²) in [5.74, 6) is 1.73. The number of carbonyl (C=O) groups is 1. The Morgan fingerprint density at radius 1 is 1.02 bits per heavy atom. The first-order chi connectivity index (χ1) is 22.4. The molecule has 0 aliphatic carbocycles. The van der Waals surface area contributed by atoms with Crippen molar-refractivity contribution in [2.75, 3.05) is 50.2 Å². The molecule has 3 aromatic carbocycles. The minimum Gasteiger partial charge on any atom is -0.493 e. The molecule has 9 nitrogen and oxygen atoms in total. The fraction of sp³-hybridized carbons (Fsp3) is 0.314. The van der Waals surface area contributed by atoms with Crippen LogP contribution in [0, 0.1) is 11.7 Å². The van der Waals surface area contributed by atoms with E-state index in [2.05, 4.69) is 22.1 Å². The second-order valence-electron chi connectivity index (χ2n) is 11.6. The highest BCUT2D eigenvalue weighted by Crippen LogP contribution is 2.38. The maximum Gasteiger partial charge on any atom is 0.327 e. The number of likely N-dealkylation sites (tertiary alicyclic amines) is 1. The molecule has 3 heterocycles. The van der Waals surface area contributed by atoms with Gasteiger partial charge in [-0.15, -0.1) is 0 Å². The van der Waals surface area contributed by atoms with Crippen LogP contribution in [0.25, 0.3) is 10.9 Å². The van der Waals surface area contributed by atoms with Gasteiger partial charge < -0.3 is 29.3 Å². The van der Waals surface area contributed by atoms with Crippen LogP contribution in [0.5, 0.6) is 23.0 Å². The molecular formula is C35H37ClFN5O4. The molecule has 2 aliphatic rings. The van der Waals surface area contributed by atoms with Crippen LogP contribution in [-0.2, 0) is 0 Å². The van der Waals surface area contributed by atoms with Crippen LogP contribution in [0.2, 0.25) is 5.02 Å². The smallest absolute Gasteiger partial charge is 0.327 e. The summed E-state index contributed by atoms with van der Waals surface area (Å²) >= 11 is 6.29. The second-order valence-corrected chi connectivity index (χ2v) is 12.0. The molecule has 2 amide bonds. The molecule has 0 spiro atoms. The largest absolute Gasteiger partial charge is 0.493 e. The number of fused-ring (bicyclic) bond motifs is 1. The van der Waals surface area contributed by atoms with Crippen molar-refractivity contribution in [3.05, 3.63) is 90.1 Å². The third-order valence-electron chi connectivity index (χ3n) is 8.30. The van der Waals surface area contributed by atoms with E-state index < -0.39 is 11.8 Å². The third kappa shape index (κ3) is 7.29. The van der Waals surface area contributed by atoms with Gasteiger partial charge in [-0.2, -0.15) is 0 Å². The molecule has 6 rings (SSSR count). The number of ether oxygens (including phenoxy) is 3. The van der Waals surface area contributed by atoms with Gasteiger partial charge in [-0.25, -0.2) is 9.18 Å². The molecule has 0 radical (unpaired) electrons. The van der Waals surface area contributed by atoms with E-state index in [4.69, 9.17) is 25.8 Å². The van der Waals surface area contributed by atoms with E-state index in [1.807, 2.05) is 29.2 Å². The van der Waals surface area contributed by atoms with Crippen LogP contribution in [0.4, 0.5) is 20.6 Å². The van der Waals surface area contributed by atoms with E-state index in [9.17, 15) is 4.79 Å². The predicted molar refractivity (Wildman–Crippen MR) is 179 cm³/mol. The Bertz CT molecular complexity index is 1730. The third-order valence-corrected chi connectivity index (χ3v) is 8.62. The lowest BCUT2D eigenvalue weighted by molar-refractivity contribution is 0.176. The van der Waals surface area contributed by atoms with Crippen molar-refractivity contribution in [1.29, 1.82) is 0 Å². The van der Waals surface area contributed by atoms with Crippen molar-refractivity contribution in [2.24, 2.45) is 5.92 Å². The Hall–Kier alpha value is -4.54. The summed E-state index contributed by atoms with van der Waals surface area (Å²) in [6.07, 6.45) is 8.42. The number of piperidine rings is 1. The van der Waals surface area contributed by atoms with E-state index in [1.54, 1.807) is 50.0 Å². The SMILES string of the molecule is COc1cc2c(Oc3ccc(NC(=O)N4C=CN(c5ccccc5Cl)C4)cc3F)ccnc2cc1OCCCN1CCC(C)CC1. The van der Waals surface area contributed by atoms with Gasteiger partial charge in [0.2, 0.25) is 0 Å². The lowest BCUT2D eigenvalue weighted by Gasteiger charge is -2.30. The molecule has 1 aromatic heterocycles. The topological polar surface area (TPSA) is 79.4 Å². The van der Waals surface area contributed by atoms with Gasteiger partial charge in [0.15, 0.2) is 23.1 Å². The maximum absolute atomic E-state index is 15.2. The monoisotopic (exact) mass is 645 g/mol. The highest BCUT2D eigenvalue weighted by atomic mass is 35.5. The van der Waals surface area contributed by atoms with Gasteiger partial charge in [0.05, 0.1) is 29.9 Å². The summed E-state index contributed by atoms with van der Waals surface area (Å²) in [4.78, 5) is 23.2. The Balaban J connectivity index is 1.08. The number of methoxy groups -OCH3 is 1. The van der Waals surface area contributed by atoms with Gasteiger partial charge in [0, 0.05) is 48.3 Å². The van der Waals surface area contributed by atoms with Gasteiger partial charge in [0.25, 0.3) is 0 Å². The van der Waals surface area contributed by atoms with Crippen LogP contribution < -0.4 is 24.4 Å². The number of para-hydroxylation sites is 1. The highest BCUT2D eigenvalue weighted by molar-refractivity contribution is 6.33. The average Bonchev–Trinajstić information content (AvgIpc) is 3.55. The average molecular weight is 646 g/mol. The summed E-state index contributed by atoms with van der Waals surface area (Å²) in [5.41, 5.74) is 1.70. The number of halogens is 2. The van der Waals surface area contributed by atoms with Crippen molar-refractivity contribution >= 4 is 39.9 Å². The van der Waals surface area contributed by atoms with E-state index in [-0.39, 0.29) is 18.1 Å². The van der Waals surface area contributed by atoms with Crippen LogP contribution in [0.3, 0.4) is 0 Å². The van der Waals surface area contributed by atoms with Crippen LogP contribution in [-0.4, -0.2) is 60.8 Å². The molecule has 240 valence electrons. The molecule has 1 saturated heterocycles. The molecular weight excluding hydrogens is 609 g/mol. The fourth-order valence-corrected chi connectivity index (χ4v) is 5.86. The Kier molecular flexibility index (Phi) is 9.75. The number of nitrogens with one attached hydrogen (secondary N) is 1. The molecule has 2 aliphatic heterocycles. The molecule has 1 fully saturated rings. The normalized spacial score (nSPS) is 15.4. The van der Waals surface area contributed by atoms with Crippen molar-refractivity contribution in [3.8, 4) is 23.0 Å². The molecule has 4 aromatic rings. The number of anilines is 2. The number of nitrogens with zero attached hydrogens (tertiary/aromatic N) is 4. The minimum absolute atomic E-state index is 0.00265. The van der Waals surface area contributed by atoms with Gasteiger partial charge in [-0.1, -0.05) is 30.7 Å². The summed E-state index contributed by atoms with van der Waals surface area (Å²) in [6.45, 7) is 6.44. The first-order valence-electron chi connectivity index (χ1n) is 15.4. The summed E-state index contributed by atoms with van der Waals surface area (Å²) < 4.78 is 33.0. The van der Waals surface area contributed by atoms with E-state index in [0.29, 0.717) is 39.8 Å². The summed E-state index contributed by atoms with van der Waals surface area (Å²) in [5, 5.41) is 3.96. The van der Waals surface area contributed by atoms with Gasteiger partial charge in [-0.05, 0) is 74.7 Å². The van der Waals surface area contributed by atoms with Gasteiger partial charge in [-0.3, -0.25) is 9.88 Å². The zero-order valence-electron chi connectivity index (χ0n) is 25.9. The van der Waals surface area contributed by atoms with Crippen LogP contribution >= 0.6 is 11.6 Å². The molecule has 0 atom stereocenters. The van der Waals surface area contributed by atoms with Crippen molar-refractivity contribution in [1.82, 2.24) is 14.8 Å². The molecule has 0 unspecified atom stereocenters. The summed E-state index contributed by atoms with van der Waals surface area (Å²) in [6, 6.07) is 16.5. The summed E-state index contributed by atoms with van der Waals surface area (Å²) in [7, 11) is 1.58. The molecule has 0 saturated carbocycles. The highest BCUT2D eigenvalue weighted by Gasteiger charge is 2.22.